The molecule has 10 atom stereocenters. The number of hydrogen-bond donors (Lipinski definition) is 1. The van der Waals surface area contributed by atoms with E-state index in [2.05, 4.69) is 106 Å². The Balaban J connectivity index is 0.000000368. The minimum atomic E-state index is -5.69. The van der Waals surface area contributed by atoms with Crippen molar-refractivity contribution in [2.75, 3.05) is 13.2 Å². The molecule has 2 bridgehead atoms. The minimum absolute atomic E-state index is 0.122. The van der Waals surface area contributed by atoms with E-state index in [9.17, 15) is 59.9 Å². The number of esters is 7. The molecular formula is C77H146F6O17Si8. The zero-order valence-corrected chi connectivity index (χ0v) is 78.9. The average molecular weight is 1680 g/mol. The highest BCUT2D eigenvalue weighted by atomic mass is 28.4. The van der Waals surface area contributed by atoms with Gasteiger partial charge in [0, 0.05) is 107 Å². The molecule has 0 aromatic heterocycles. The summed E-state index contributed by atoms with van der Waals surface area (Å²) in [5.41, 5.74) is 0.653. The third-order valence-electron chi connectivity index (χ3n) is 23.8. The Kier molecular flexibility index (Phi) is 41.6. The lowest BCUT2D eigenvalue weighted by molar-refractivity contribution is -0.370. The molecule has 0 amide bonds. The molecule has 0 aromatic rings. The third-order valence-corrected chi connectivity index (χ3v) is 64.8. The summed E-state index contributed by atoms with van der Waals surface area (Å²) in [7, 11) is -7.69. The third kappa shape index (κ3) is 34.9. The molecule has 7 aliphatic rings. The number of aliphatic hydroxyl groups is 1. The molecule has 31 heteroatoms. The lowest BCUT2D eigenvalue weighted by Gasteiger charge is -2.34. The molecule has 4 aliphatic heterocycles. The number of cyclic esters (lactones) is 2. The molecule has 3 aliphatic carbocycles. The van der Waals surface area contributed by atoms with Gasteiger partial charge in [0.1, 0.15) is 5.60 Å². The minimum Gasteiger partial charge on any atom is -0.459 e. The van der Waals surface area contributed by atoms with Gasteiger partial charge in [-0.2, -0.15) is 26.3 Å². The summed E-state index contributed by atoms with van der Waals surface area (Å²) in [6.07, 6.45) is 4.06. The number of alkyl halides is 6. The van der Waals surface area contributed by atoms with Crippen LogP contribution in [0.25, 0.3) is 0 Å². The molecule has 1 N–H and O–H groups in total. The average Bonchev–Trinajstić information content (AvgIpc) is 1.06. The number of hydrogen-bond acceptors (Lipinski definition) is 17. The van der Waals surface area contributed by atoms with Crippen LogP contribution in [0.5, 0.6) is 0 Å². The predicted molar refractivity (Wildman–Crippen MR) is 436 cm³/mol. The zero-order valence-electron chi connectivity index (χ0n) is 70.3. The predicted octanol–water partition coefficient (Wildman–Crippen LogP) is 19.1. The molecule has 17 nitrogen and oxygen atoms in total. The maximum Gasteiger partial charge on any atom is 0.426 e. The standard InChI is InChI=1S/C22H38O8Si2.C22H42O6Si2.C14H22O2.C12H24F6OSi2.C7H20Si2/c1-7-32(6,15-31(4)5)14-8-9-16(19(25)29-21(2)12-10-17(23)27-21)20(26)30-22(3)13-11-18(24)28-22;1-5-30(4,17-29(2)3)16-10-11-18(21(23)27-19-12-6-8-14-25-19)22(24)28-20-13-7-9-15-26-20;1-14(6-2-3-7-14)16-13(15)12-9-10-4-5-11(12)8-10;1-5-21(4,9-20(2)3)8-6-7-10(19,11(13,14)15)12(16,17)18;1-6-9(4,5)7-8(2)3/h16,31H,7-15H2,1-6H3;18-20,29H,5-17H2,1-4H3;10-12H,2-9H2,1H3;19-20H,5-9H2,1-4H3;8H,6-7H2,1-5H3. The van der Waals surface area contributed by atoms with Gasteiger partial charge in [0.15, 0.2) is 11.8 Å². The molecule has 3 saturated carbocycles. The summed E-state index contributed by atoms with van der Waals surface area (Å²) in [5, 5.41) is 9.11. The van der Waals surface area contributed by atoms with Crippen LogP contribution in [0.2, 0.25) is 150 Å². The largest absolute Gasteiger partial charge is 0.459 e. The van der Waals surface area contributed by atoms with Gasteiger partial charge in [-0.25, -0.2) is 0 Å². The second kappa shape index (κ2) is 45.1. The number of carbonyl (C=O) groups excluding carboxylic acids is 7. The van der Waals surface area contributed by atoms with E-state index in [1.54, 1.807) is 5.67 Å². The topological polar surface area (TPSA) is 223 Å². The number of carbonyl (C=O) groups is 7. The molecule has 4 saturated heterocycles. The summed E-state index contributed by atoms with van der Waals surface area (Å²) >= 11 is 0. The lowest BCUT2D eigenvalue weighted by Crippen LogP contribution is -2.56. The van der Waals surface area contributed by atoms with Crippen molar-refractivity contribution in [1.29, 1.82) is 0 Å². The molecule has 10 unspecified atom stereocenters. The first-order chi connectivity index (χ1) is 49.9. The lowest BCUT2D eigenvalue weighted by atomic mass is 9.89. The Morgan fingerprint density at radius 3 is 1.19 bits per heavy atom. The van der Waals surface area contributed by atoms with E-state index in [0.29, 0.717) is 50.9 Å². The molecule has 4 heterocycles. The Morgan fingerprint density at radius 1 is 0.509 bits per heavy atom. The quantitative estimate of drug-likeness (QED) is 0.0208. The van der Waals surface area contributed by atoms with Crippen LogP contribution in [-0.2, 0) is 76.2 Å². The van der Waals surface area contributed by atoms with Crippen LogP contribution in [0.4, 0.5) is 26.3 Å². The molecular weight excluding hydrogens is 1540 g/mol. The van der Waals surface area contributed by atoms with Gasteiger partial charge in [0.2, 0.25) is 12.6 Å². The van der Waals surface area contributed by atoms with Gasteiger partial charge in [0.25, 0.3) is 17.2 Å². The monoisotopic (exact) mass is 1680 g/mol. The van der Waals surface area contributed by atoms with Crippen LogP contribution in [-0.4, -0.2) is 175 Å². The normalized spacial score (nSPS) is 25.7. The summed E-state index contributed by atoms with van der Waals surface area (Å²) in [5.74, 6) is -6.33. The van der Waals surface area contributed by atoms with Crippen molar-refractivity contribution in [2.24, 2.45) is 29.6 Å². The number of rotatable bonds is 34. The summed E-state index contributed by atoms with van der Waals surface area (Å²) in [4.78, 5) is 86.9. The maximum atomic E-state index is 13.0. The highest BCUT2D eigenvalue weighted by molar-refractivity contribution is 6.90. The fraction of sp³-hybridized carbons (Fsp3) is 0.909. The summed E-state index contributed by atoms with van der Waals surface area (Å²) in [6, 6.07) is 7.29. The van der Waals surface area contributed by atoms with Crippen molar-refractivity contribution in [1.82, 2.24) is 0 Å². The molecule has 0 radical (unpaired) electrons. The molecule has 0 aromatic carbocycles. The van der Waals surface area contributed by atoms with E-state index in [-0.39, 0.29) is 64.8 Å². The van der Waals surface area contributed by atoms with Gasteiger partial charge >= 0.3 is 54.1 Å². The van der Waals surface area contributed by atoms with Gasteiger partial charge in [-0.15, -0.1) is 0 Å². The first kappa shape index (κ1) is 99.7. The van der Waals surface area contributed by atoms with E-state index in [4.69, 9.17) is 47.7 Å². The van der Waals surface area contributed by atoms with Gasteiger partial charge in [-0.1, -0.05) is 203 Å². The van der Waals surface area contributed by atoms with Gasteiger partial charge in [-0.05, 0) is 109 Å². The van der Waals surface area contributed by atoms with Crippen molar-refractivity contribution in [3.05, 3.63) is 0 Å². The Morgan fingerprint density at radius 2 is 0.898 bits per heavy atom. The van der Waals surface area contributed by atoms with Crippen LogP contribution in [0, 0.1) is 29.6 Å². The van der Waals surface area contributed by atoms with Crippen molar-refractivity contribution in [3.63, 3.8) is 0 Å². The first-order valence-electron chi connectivity index (χ1n) is 41.6. The molecule has 7 fully saturated rings. The second-order valence-electron chi connectivity index (χ2n) is 36.9. The van der Waals surface area contributed by atoms with Crippen LogP contribution >= 0.6 is 0 Å². The molecule has 0 spiro atoms. The Bertz CT molecular complexity index is 2680. The van der Waals surface area contributed by atoms with Crippen LogP contribution < -0.4 is 0 Å². The number of ether oxygens (including phenoxy) is 9. The van der Waals surface area contributed by atoms with Gasteiger partial charge in [0.05, 0.1) is 32.0 Å². The van der Waals surface area contributed by atoms with Crippen LogP contribution in [0.1, 0.15) is 203 Å². The molecule has 7 rings (SSSR count). The van der Waals surface area contributed by atoms with E-state index in [0.717, 1.165) is 81.1 Å². The Hall–Kier alpha value is -2.51. The van der Waals surface area contributed by atoms with Gasteiger partial charge < -0.3 is 47.7 Å². The molecule has 630 valence electrons. The van der Waals surface area contributed by atoms with Crippen LogP contribution in [0.15, 0.2) is 0 Å². The first-order valence-corrected chi connectivity index (χ1v) is 66.8. The highest BCUT2D eigenvalue weighted by Gasteiger charge is 2.69. The summed E-state index contributed by atoms with van der Waals surface area (Å²) < 4.78 is 125. The van der Waals surface area contributed by atoms with E-state index in [1.807, 2.05) is 13.5 Å². The maximum absolute atomic E-state index is 13.0. The second-order valence-corrected chi connectivity index (χ2v) is 74.1. The smallest absolute Gasteiger partial charge is 0.426 e. The van der Waals surface area contributed by atoms with E-state index < -0.39 is 155 Å². The van der Waals surface area contributed by atoms with E-state index >= 15 is 0 Å². The van der Waals surface area contributed by atoms with Crippen molar-refractivity contribution in [2.45, 2.75) is 400 Å². The fourth-order valence-electron chi connectivity index (χ4n) is 17.0. The van der Waals surface area contributed by atoms with E-state index in [1.165, 1.54) is 75.4 Å². The van der Waals surface area contributed by atoms with Gasteiger partial charge in [-0.3, -0.25) is 33.6 Å². The number of halogens is 6. The van der Waals surface area contributed by atoms with Crippen molar-refractivity contribution < 1.29 is 108 Å². The SMILES string of the molecule is CC1(OC(=O)C2CC3CCC2C3)CCCC1.CC[Si](C)(C)C[SiH](C)C.CC[Si](C)(CCCC(C(=O)OC1(C)CCC(=O)O1)C(=O)OC1(C)CCC(=O)O1)C[SiH](C)C.CC[Si](C)(CCCC(C(=O)OC1CCCCO1)C(=O)OC1CCCCO1)C[SiH](C)C.CC[Si](C)(CCCC(O)(C(F)(F)F)C(F)(F)F)C[SiH](C)C. The van der Waals surface area contributed by atoms with Crippen molar-refractivity contribution >= 4 is 109 Å². The van der Waals surface area contributed by atoms with Crippen molar-refractivity contribution in [3.8, 4) is 0 Å². The van der Waals surface area contributed by atoms with Crippen LogP contribution in [0.3, 0.4) is 0 Å². The molecule has 108 heavy (non-hydrogen) atoms. The zero-order chi connectivity index (χ0) is 81.9. The number of fused-ring (bicyclic) bond motifs is 2. The highest BCUT2D eigenvalue weighted by Crippen LogP contribution is 2.50. The Labute approximate surface area is 656 Å². The fourth-order valence-corrected chi connectivity index (χ4v) is 60.8. The summed E-state index contributed by atoms with van der Waals surface area (Å²) in [6.45, 7) is 45.8.